The Balaban J connectivity index is 2.24. The molecule has 0 unspecified atom stereocenters. The van der Waals surface area contributed by atoms with E-state index < -0.39 is 0 Å². The van der Waals surface area contributed by atoms with E-state index in [2.05, 4.69) is 5.10 Å². The molecule has 0 saturated carbocycles. The van der Waals surface area contributed by atoms with Crippen LogP contribution in [0.25, 0.3) is 0 Å². The molecule has 0 aliphatic heterocycles. The van der Waals surface area contributed by atoms with Gasteiger partial charge in [0.15, 0.2) is 0 Å². The van der Waals surface area contributed by atoms with E-state index >= 15 is 0 Å². The Hall–Kier alpha value is -1.19. The molecule has 1 aromatic carbocycles. The van der Waals surface area contributed by atoms with Crippen LogP contribution in [0, 0.1) is 0 Å². The first kappa shape index (κ1) is 10.3. The SMILES string of the molecule is Nc1ccc(Cn2cc(Cl)cn2)c(Cl)c1. The maximum absolute atomic E-state index is 6.03. The Morgan fingerprint density at radius 1 is 1.33 bits per heavy atom. The molecule has 0 radical (unpaired) electrons. The Bertz CT molecular complexity index is 479. The van der Waals surface area contributed by atoms with Crippen molar-refractivity contribution >= 4 is 28.9 Å². The number of nitrogens with zero attached hydrogens (tertiary/aromatic N) is 2. The number of rotatable bonds is 2. The first-order valence-electron chi connectivity index (χ1n) is 4.37. The lowest BCUT2D eigenvalue weighted by atomic mass is 10.2. The number of halogens is 2. The first-order chi connectivity index (χ1) is 7.15. The number of nitrogen functional groups attached to an aromatic ring is 1. The van der Waals surface area contributed by atoms with E-state index in [0.717, 1.165) is 5.56 Å². The van der Waals surface area contributed by atoms with Crippen molar-refractivity contribution in [1.29, 1.82) is 0 Å². The van der Waals surface area contributed by atoms with Crippen molar-refractivity contribution in [3.05, 3.63) is 46.2 Å². The van der Waals surface area contributed by atoms with Gasteiger partial charge in [-0.2, -0.15) is 5.10 Å². The van der Waals surface area contributed by atoms with E-state index in [1.807, 2.05) is 12.1 Å². The monoisotopic (exact) mass is 241 g/mol. The second-order valence-electron chi connectivity index (χ2n) is 3.21. The summed E-state index contributed by atoms with van der Waals surface area (Å²) in [7, 11) is 0. The fraction of sp³-hybridized carbons (Fsp3) is 0.100. The van der Waals surface area contributed by atoms with E-state index in [9.17, 15) is 0 Å². The van der Waals surface area contributed by atoms with Crippen LogP contribution in [0.15, 0.2) is 30.6 Å². The fourth-order valence-corrected chi connectivity index (χ4v) is 1.70. The van der Waals surface area contributed by atoms with Crippen LogP contribution in [0.4, 0.5) is 5.69 Å². The predicted molar refractivity (Wildman–Crippen MR) is 62.2 cm³/mol. The second kappa shape index (κ2) is 4.13. The average Bonchev–Trinajstić information content (AvgIpc) is 2.56. The number of benzene rings is 1. The van der Waals surface area contributed by atoms with Gasteiger partial charge in [-0.3, -0.25) is 4.68 Å². The molecular weight excluding hydrogens is 233 g/mol. The number of anilines is 1. The molecular formula is C10H9Cl2N3. The van der Waals surface area contributed by atoms with Crippen LogP contribution in [-0.2, 0) is 6.54 Å². The molecule has 1 heterocycles. The van der Waals surface area contributed by atoms with Crippen LogP contribution >= 0.6 is 23.2 Å². The molecule has 0 atom stereocenters. The smallest absolute Gasteiger partial charge is 0.0785 e. The topological polar surface area (TPSA) is 43.8 Å². The van der Waals surface area contributed by atoms with Gasteiger partial charge >= 0.3 is 0 Å². The van der Waals surface area contributed by atoms with Gasteiger partial charge in [0.05, 0.1) is 17.8 Å². The molecule has 0 aliphatic rings. The second-order valence-corrected chi connectivity index (χ2v) is 4.05. The van der Waals surface area contributed by atoms with Gasteiger partial charge in [0.25, 0.3) is 0 Å². The Labute approximate surface area is 97.4 Å². The zero-order chi connectivity index (χ0) is 10.8. The van der Waals surface area contributed by atoms with Crippen LogP contribution in [0.5, 0.6) is 0 Å². The lowest BCUT2D eigenvalue weighted by Gasteiger charge is -2.05. The molecule has 2 N–H and O–H groups in total. The molecule has 78 valence electrons. The number of hydrogen-bond donors (Lipinski definition) is 1. The third-order valence-electron chi connectivity index (χ3n) is 2.01. The lowest BCUT2D eigenvalue weighted by Crippen LogP contribution is -2.00. The number of aromatic nitrogens is 2. The van der Waals surface area contributed by atoms with Crippen LogP contribution in [0.3, 0.4) is 0 Å². The summed E-state index contributed by atoms with van der Waals surface area (Å²) in [4.78, 5) is 0. The van der Waals surface area contributed by atoms with Gasteiger partial charge in [-0.05, 0) is 17.7 Å². The summed E-state index contributed by atoms with van der Waals surface area (Å²) in [6.45, 7) is 0.589. The highest BCUT2D eigenvalue weighted by Gasteiger charge is 2.02. The highest BCUT2D eigenvalue weighted by atomic mass is 35.5. The van der Waals surface area contributed by atoms with Crippen molar-refractivity contribution in [2.24, 2.45) is 0 Å². The lowest BCUT2D eigenvalue weighted by molar-refractivity contribution is 0.687. The highest BCUT2D eigenvalue weighted by Crippen LogP contribution is 2.20. The van der Waals surface area contributed by atoms with E-state index in [4.69, 9.17) is 28.9 Å². The van der Waals surface area contributed by atoms with Crippen molar-refractivity contribution in [2.75, 3.05) is 5.73 Å². The summed E-state index contributed by atoms with van der Waals surface area (Å²) < 4.78 is 1.72. The van der Waals surface area contributed by atoms with E-state index in [0.29, 0.717) is 22.3 Å². The van der Waals surface area contributed by atoms with Crippen LogP contribution in [0.1, 0.15) is 5.56 Å². The molecule has 0 spiro atoms. The van der Waals surface area contributed by atoms with Crippen molar-refractivity contribution < 1.29 is 0 Å². The zero-order valence-electron chi connectivity index (χ0n) is 7.82. The predicted octanol–water partition coefficient (Wildman–Crippen LogP) is 2.82. The van der Waals surface area contributed by atoms with Crippen molar-refractivity contribution in [2.45, 2.75) is 6.54 Å². The third-order valence-corrected chi connectivity index (χ3v) is 2.56. The summed E-state index contributed by atoms with van der Waals surface area (Å²) in [6.07, 6.45) is 3.33. The van der Waals surface area contributed by atoms with Crippen molar-refractivity contribution in [1.82, 2.24) is 9.78 Å². The summed E-state index contributed by atoms with van der Waals surface area (Å²) >= 11 is 11.8. The van der Waals surface area contributed by atoms with Crippen molar-refractivity contribution in [3.63, 3.8) is 0 Å². The number of nitrogens with two attached hydrogens (primary N) is 1. The fourth-order valence-electron chi connectivity index (χ4n) is 1.29. The van der Waals surface area contributed by atoms with E-state index in [1.165, 1.54) is 0 Å². The van der Waals surface area contributed by atoms with Gasteiger partial charge in [0.2, 0.25) is 0 Å². The largest absolute Gasteiger partial charge is 0.399 e. The Kier molecular flexibility index (Phi) is 2.84. The van der Waals surface area contributed by atoms with Gasteiger partial charge in [-0.15, -0.1) is 0 Å². The molecule has 15 heavy (non-hydrogen) atoms. The first-order valence-corrected chi connectivity index (χ1v) is 5.12. The Morgan fingerprint density at radius 2 is 2.13 bits per heavy atom. The standard InChI is InChI=1S/C10H9Cl2N3/c11-8-4-14-15(6-8)5-7-1-2-9(13)3-10(7)12/h1-4,6H,5,13H2. The van der Waals surface area contributed by atoms with Gasteiger partial charge in [0.1, 0.15) is 0 Å². The quantitative estimate of drug-likeness (QED) is 0.823. The van der Waals surface area contributed by atoms with E-state index in [-0.39, 0.29) is 0 Å². The molecule has 0 fully saturated rings. The van der Waals surface area contributed by atoms with Crippen LogP contribution in [-0.4, -0.2) is 9.78 Å². The van der Waals surface area contributed by atoms with Gasteiger partial charge in [-0.1, -0.05) is 29.3 Å². The number of hydrogen-bond acceptors (Lipinski definition) is 2. The highest BCUT2D eigenvalue weighted by molar-refractivity contribution is 6.31. The summed E-state index contributed by atoms with van der Waals surface area (Å²) in [5.74, 6) is 0. The van der Waals surface area contributed by atoms with Crippen LogP contribution in [0.2, 0.25) is 10.0 Å². The third kappa shape index (κ3) is 2.43. The summed E-state index contributed by atoms with van der Waals surface area (Å²) in [5, 5.41) is 5.32. The van der Waals surface area contributed by atoms with Gasteiger partial charge in [0, 0.05) is 16.9 Å². The minimum atomic E-state index is 0.589. The minimum absolute atomic E-state index is 0.589. The average molecular weight is 242 g/mol. The normalized spacial score (nSPS) is 10.5. The van der Waals surface area contributed by atoms with E-state index in [1.54, 1.807) is 23.1 Å². The molecule has 0 amide bonds. The molecule has 0 aliphatic carbocycles. The van der Waals surface area contributed by atoms with Crippen LogP contribution < -0.4 is 5.73 Å². The minimum Gasteiger partial charge on any atom is -0.399 e. The molecule has 1 aromatic heterocycles. The van der Waals surface area contributed by atoms with Gasteiger partial charge in [-0.25, -0.2) is 0 Å². The molecule has 5 heteroatoms. The zero-order valence-corrected chi connectivity index (χ0v) is 9.33. The molecule has 3 nitrogen and oxygen atoms in total. The summed E-state index contributed by atoms with van der Waals surface area (Å²) in [5.41, 5.74) is 7.22. The maximum Gasteiger partial charge on any atom is 0.0785 e. The van der Waals surface area contributed by atoms with Crippen molar-refractivity contribution in [3.8, 4) is 0 Å². The summed E-state index contributed by atoms with van der Waals surface area (Å²) in [6, 6.07) is 5.42. The molecule has 2 aromatic rings. The van der Waals surface area contributed by atoms with Gasteiger partial charge < -0.3 is 5.73 Å². The molecule has 0 saturated heterocycles. The molecule has 2 rings (SSSR count). The molecule has 0 bridgehead atoms. The Morgan fingerprint density at radius 3 is 2.73 bits per heavy atom. The maximum atomic E-state index is 6.03.